The molecule has 0 aromatic carbocycles. The van der Waals surface area contributed by atoms with E-state index in [9.17, 15) is 19.2 Å². The van der Waals surface area contributed by atoms with E-state index in [1.165, 1.54) is 11.1 Å². The van der Waals surface area contributed by atoms with Gasteiger partial charge in [0.25, 0.3) is 11.8 Å². The Hall–Kier alpha value is -3.31. The third kappa shape index (κ3) is 7.06. The summed E-state index contributed by atoms with van der Waals surface area (Å²) in [5, 5.41) is 4.48. The van der Waals surface area contributed by atoms with E-state index in [1.807, 2.05) is 38.7 Å². The first-order valence-electron chi connectivity index (χ1n) is 14.3. The third-order valence-electron chi connectivity index (χ3n) is 7.43. The molecule has 0 unspecified atom stereocenters. The molecule has 11 nitrogen and oxygen atoms in total. The maximum absolute atomic E-state index is 13.8. The number of carbonyl (C=O) groups is 4. The fourth-order valence-corrected chi connectivity index (χ4v) is 5.46. The van der Waals surface area contributed by atoms with Gasteiger partial charge in [-0.15, -0.1) is 0 Å². The van der Waals surface area contributed by atoms with Crippen molar-refractivity contribution < 1.29 is 24.0 Å². The van der Waals surface area contributed by atoms with Crippen LogP contribution in [0.3, 0.4) is 0 Å². The van der Waals surface area contributed by atoms with Crippen molar-refractivity contribution in [1.29, 1.82) is 0 Å². The van der Waals surface area contributed by atoms with E-state index >= 15 is 0 Å². The molecule has 0 saturated carbocycles. The van der Waals surface area contributed by atoms with E-state index in [4.69, 9.17) is 4.84 Å². The Kier molecular flexibility index (Phi) is 9.91. The van der Waals surface area contributed by atoms with Crippen LogP contribution in [0, 0.1) is 11.8 Å². The summed E-state index contributed by atoms with van der Waals surface area (Å²) in [4.78, 5) is 69.3. The summed E-state index contributed by atoms with van der Waals surface area (Å²) in [6, 6.07) is 4.67. The molecule has 11 heteroatoms. The van der Waals surface area contributed by atoms with Gasteiger partial charge in [0.15, 0.2) is 12.3 Å². The number of amides is 4. The molecule has 0 spiro atoms. The Bertz CT molecular complexity index is 1090. The molecular formula is C29H42N6O5. The largest absolute Gasteiger partial charge is 0.340 e. The van der Waals surface area contributed by atoms with Gasteiger partial charge >= 0.3 is 0 Å². The van der Waals surface area contributed by atoms with E-state index in [2.05, 4.69) is 10.3 Å². The quantitative estimate of drug-likeness (QED) is 0.460. The van der Waals surface area contributed by atoms with Crippen molar-refractivity contribution in [2.75, 3.05) is 39.3 Å². The number of nitrogens with one attached hydrogen (secondary N) is 1. The molecule has 0 radical (unpaired) electrons. The predicted molar refractivity (Wildman–Crippen MR) is 149 cm³/mol. The highest BCUT2D eigenvalue weighted by molar-refractivity contribution is 5.95. The molecule has 218 valence electrons. The van der Waals surface area contributed by atoms with Crippen molar-refractivity contribution in [3.8, 4) is 0 Å². The summed E-state index contributed by atoms with van der Waals surface area (Å²) in [5.41, 5.74) is 0.615. The van der Waals surface area contributed by atoms with Gasteiger partial charge < -0.3 is 20.0 Å². The molecule has 1 aromatic heterocycles. The Morgan fingerprint density at radius 2 is 1.80 bits per heavy atom. The number of rotatable bonds is 9. The van der Waals surface area contributed by atoms with Gasteiger partial charge in [-0.05, 0) is 42.9 Å². The van der Waals surface area contributed by atoms with E-state index in [0.717, 1.165) is 13.1 Å². The van der Waals surface area contributed by atoms with Crippen LogP contribution >= 0.6 is 0 Å². The second kappa shape index (κ2) is 13.4. The van der Waals surface area contributed by atoms with Crippen molar-refractivity contribution in [1.82, 2.24) is 30.1 Å². The standard InChI is InChI=1S/C29H42N6O5/c1-20(2)17-23-28(38)33(14-10-26(36)32-15-12-30-13-16-32)19-25-34(23)29(39)24(18-21(3)4)40-35(25)27(37)9-8-22-7-5-6-11-31-22/h5-9,11,20-21,23-25,30H,10,12-19H2,1-4H3/b9-8+/t23-,24+,25-/m0/s1. The van der Waals surface area contributed by atoms with E-state index < -0.39 is 24.2 Å². The number of piperazine rings is 2. The number of aromatic nitrogens is 1. The van der Waals surface area contributed by atoms with E-state index in [1.54, 1.807) is 34.2 Å². The first-order chi connectivity index (χ1) is 19.2. The van der Waals surface area contributed by atoms with Crippen molar-refractivity contribution in [2.24, 2.45) is 11.8 Å². The van der Waals surface area contributed by atoms with Crippen LogP contribution in [0.2, 0.25) is 0 Å². The summed E-state index contributed by atoms with van der Waals surface area (Å²) >= 11 is 0. The van der Waals surface area contributed by atoms with E-state index in [0.29, 0.717) is 31.6 Å². The van der Waals surface area contributed by atoms with Crippen LogP contribution in [0.1, 0.15) is 52.7 Å². The highest BCUT2D eigenvalue weighted by Crippen LogP contribution is 2.32. The predicted octanol–water partition coefficient (Wildman–Crippen LogP) is 1.52. The summed E-state index contributed by atoms with van der Waals surface area (Å²) in [7, 11) is 0. The van der Waals surface area contributed by atoms with Crippen LogP contribution in [-0.2, 0) is 24.0 Å². The monoisotopic (exact) mass is 554 g/mol. The van der Waals surface area contributed by atoms with Crippen LogP contribution in [0.25, 0.3) is 6.08 Å². The molecule has 40 heavy (non-hydrogen) atoms. The summed E-state index contributed by atoms with van der Waals surface area (Å²) in [6.07, 6.45) is 4.01. The highest BCUT2D eigenvalue weighted by atomic mass is 16.7. The van der Waals surface area contributed by atoms with Gasteiger partial charge in [0, 0.05) is 51.4 Å². The number of fused-ring (bicyclic) bond motifs is 1. The number of hydrogen-bond acceptors (Lipinski definition) is 7. The first kappa shape index (κ1) is 29.7. The number of carbonyl (C=O) groups excluding carboxylic acids is 4. The third-order valence-corrected chi connectivity index (χ3v) is 7.43. The Morgan fingerprint density at radius 3 is 2.45 bits per heavy atom. The Balaban J connectivity index is 1.60. The van der Waals surface area contributed by atoms with Crippen LogP contribution in [-0.4, -0.2) is 106 Å². The normalized spacial score (nSPS) is 23.9. The molecule has 3 saturated heterocycles. The zero-order valence-electron chi connectivity index (χ0n) is 24.0. The van der Waals surface area contributed by atoms with Crippen LogP contribution in [0.5, 0.6) is 0 Å². The fraction of sp³-hybridized carbons (Fsp3) is 0.621. The molecule has 1 aromatic rings. The van der Waals surface area contributed by atoms with Gasteiger partial charge in [-0.1, -0.05) is 33.8 Å². The van der Waals surface area contributed by atoms with Crippen LogP contribution < -0.4 is 5.32 Å². The lowest BCUT2D eigenvalue weighted by Crippen LogP contribution is -2.73. The molecule has 3 atom stereocenters. The van der Waals surface area contributed by atoms with Gasteiger partial charge in [0.2, 0.25) is 11.8 Å². The smallest absolute Gasteiger partial charge is 0.272 e. The summed E-state index contributed by atoms with van der Waals surface area (Å²) < 4.78 is 0. The lowest BCUT2D eigenvalue weighted by atomic mass is 9.95. The zero-order chi connectivity index (χ0) is 28.8. The molecule has 4 amide bonds. The molecule has 1 N–H and O–H groups in total. The molecule has 4 heterocycles. The SMILES string of the molecule is CC(C)C[C@H]1ON(C(=O)/C=C/c2ccccn2)[C@H]2CN(CCC(=O)N3CCNCC3)C(=O)[C@H](CC(C)C)N2C1=O. The van der Waals surface area contributed by atoms with Gasteiger partial charge in [-0.2, -0.15) is 5.06 Å². The first-order valence-corrected chi connectivity index (χ1v) is 14.3. The number of pyridine rings is 1. The minimum absolute atomic E-state index is 0.00339. The zero-order valence-corrected chi connectivity index (χ0v) is 24.0. The molecule has 0 bridgehead atoms. The van der Waals surface area contributed by atoms with E-state index in [-0.39, 0.29) is 49.1 Å². The average Bonchev–Trinajstić information content (AvgIpc) is 2.94. The van der Waals surface area contributed by atoms with Gasteiger partial charge in [-0.3, -0.25) is 29.0 Å². The lowest BCUT2D eigenvalue weighted by Gasteiger charge is -2.53. The minimum atomic E-state index is -0.869. The fourth-order valence-electron chi connectivity index (χ4n) is 5.46. The van der Waals surface area contributed by atoms with Gasteiger partial charge in [-0.25, -0.2) is 0 Å². The summed E-state index contributed by atoms with van der Waals surface area (Å²) in [6.45, 7) is 11.1. The lowest BCUT2D eigenvalue weighted by molar-refractivity contribution is -0.274. The summed E-state index contributed by atoms with van der Waals surface area (Å²) in [5.74, 6) is -0.625. The van der Waals surface area contributed by atoms with Crippen molar-refractivity contribution in [2.45, 2.75) is 65.3 Å². The number of hydroxylamine groups is 2. The maximum atomic E-state index is 13.8. The molecule has 3 aliphatic heterocycles. The molecular weight excluding hydrogens is 512 g/mol. The number of nitrogens with zero attached hydrogens (tertiary/aromatic N) is 5. The van der Waals surface area contributed by atoms with Gasteiger partial charge in [0.05, 0.1) is 12.2 Å². The second-order valence-corrected chi connectivity index (χ2v) is 11.5. The van der Waals surface area contributed by atoms with Crippen molar-refractivity contribution in [3.63, 3.8) is 0 Å². The van der Waals surface area contributed by atoms with Crippen LogP contribution in [0.15, 0.2) is 30.5 Å². The molecule has 3 fully saturated rings. The number of hydrogen-bond donors (Lipinski definition) is 1. The minimum Gasteiger partial charge on any atom is -0.340 e. The van der Waals surface area contributed by atoms with Crippen molar-refractivity contribution in [3.05, 3.63) is 36.2 Å². The molecule has 0 aliphatic carbocycles. The Labute approximate surface area is 236 Å². The van der Waals surface area contributed by atoms with Gasteiger partial charge in [0.1, 0.15) is 6.04 Å². The highest BCUT2D eigenvalue weighted by Gasteiger charge is 2.52. The maximum Gasteiger partial charge on any atom is 0.272 e. The topological polar surface area (TPSA) is 115 Å². The van der Waals surface area contributed by atoms with Crippen LogP contribution in [0.4, 0.5) is 0 Å². The second-order valence-electron chi connectivity index (χ2n) is 11.5. The Morgan fingerprint density at radius 1 is 1.07 bits per heavy atom. The molecule has 3 aliphatic rings. The molecule has 4 rings (SSSR count). The van der Waals surface area contributed by atoms with Crippen molar-refractivity contribution >= 4 is 29.7 Å². The average molecular weight is 555 g/mol.